The van der Waals surface area contributed by atoms with E-state index in [1.807, 2.05) is 0 Å². The van der Waals surface area contributed by atoms with Crippen molar-refractivity contribution < 1.29 is 28.8 Å². The number of methoxy groups -OCH3 is 1. The molecule has 0 unspecified atom stereocenters. The maximum atomic E-state index is 13.7. The zero-order valence-electron chi connectivity index (χ0n) is 20.2. The minimum atomic E-state index is -1.02. The standard InChI is InChI=1S/C26H30N2O7/c1-14-12-19-23(24(29)20(14)25(30)34-3)22(16-8-7-9-17(13-16)28(32)33)21(15(2)27-19)26(31)35-18-10-5-4-6-11-18/h7-9,13-14,18,20,22,27H,4-6,10-12H2,1-3H3/t14-,20-,22-/m0/s1. The van der Waals surface area contributed by atoms with Gasteiger partial charge in [-0.25, -0.2) is 4.79 Å². The van der Waals surface area contributed by atoms with E-state index in [2.05, 4.69) is 5.32 Å². The Hall–Kier alpha value is -3.49. The van der Waals surface area contributed by atoms with Gasteiger partial charge < -0.3 is 14.8 Å². The monoisotopic (exact) mass is 482 g/mol. The van der Waals surface area contributed by atoms with Gasteiger partial charge in [0, 0.05) is 35.0 Å². The fourth-order valence-electron chi connectivity index (χ4n) is 5.50. The van der Waals surface area contributed by atoms with Crippen molar-refractivity contribution in [2.45, 2.75) is 64.4 Å². The van der Waals surface area contributed by atoms with Gasteiger partial charge in [-0.2, -0.15) is 0 Å². The van der Waals surface area contributed by atoms with Crippen LogP contribution in [-0.2, 0) is 23.9 Å². The van der Waals surface area contributed by atoms with Gasteiger partial charge in [0.1, 0.15) is 12.0 Å². The molecular weight excluding hydrogens is 452 g/mol. The summed E-state index contributed by atoms with van der Waals surface area (Å²) in [5.41, 5.74) is 1.93. The molecule has 1 saturated carbocycles. The topological polar surface area (TPSA) is 125 Å². The zero-order chi connectivity index (χ0) is 25.3. The van der Waals surface area contributed by atoms with E-state index in [-0.39, 0.29) is 28.9 Å². The quantitative estimate of drug-likeness (QED) is 0.288. The molecule has 0 bridgehead atoms. The van der Waals surface area contributed by atoms with Gasteiger partial charge in [0.25, 0.3) is 5.69 Å². The number of allylic oxidation sites excluding steroid dienone is 3. The predicted octanol–water partition coefficient (Wildman–Crippen LogP) is 4.08. The highest BCUT2D eigenvalue weighted by Crippen LogP contribution is 2.46. The molecule has 1 fully saturated rings. The van der Waals surface area contributed by atoms with Crippen LogP contribution in [0.2, 0.25) is 0 Å². The van der Waals surface area contributed by atoms with E-state index >= 15 is 0 Å². The molecule has 1 aromatic rings. The summed E-state index contributed by atoms with van der Waals surface area (Å²) in [7, 11) is 1.24. The fourth-order valence-corrected chi connectivity index (χ4v) is 5.50. The second kappa shape index (κ2) is 10.0. The van der Waals surface area contributed by atoms with Gasteiger partial charge in [-0.15, -0.1) is 0 Å². The van der Waals surface area contributed by atoms with Crippen LogP contribution in [-0.4, -0.2) is 35.9 Å². The molecule has 0 aromatic heterocycles. The van der Waals surface area contributed by atoms with E-state index in [0.29, 0.717) is 23.4 Å². The molecule has 0 spiro atoms. The summed E-state index contributed by atoms with van der Waals surface area (Å²) >= 11 is 0. The van der Waals surface area contributed by atoms with Crippen molar-refractivity contribution in [3.63, 3.8) is 0 Å². The van der Waals surface area contributed by atoms with Crippen molar-refractivity contribution in [3.05, 3.63) is 62.5 Å². The molecular formula is C26H30N2O7. The van der Waals surface area contributed by atoms with Crippen LogP contribution in [0.3, 0.4) is 0 Å². The van der Waals surface area contributed by atoms with Crippen LogP contribution in [0.25, 0.3) is 0 Å². The van der Waals surface area contributed by atoms with Crippen molar-refractivity contribution >= 4 is 23.4 Å². The van der Waals surface area contributed by atoms with Crippen molar-refractivity contribution in [2.24, 2.45) is 11.8 Å². The smallest absolute Gasteiger partial charge is 0.337 e. The van der Waals surface area contributed by atoms with Crippen LogP contribution in [0, 0.1) is 22.0 Å². The number of nitrogens with one attached hydrogen (secondary N) is 1. The van der Waals surface area contributed by atoms with E-state index in [4.69, 9.17) is 9.47 Å². The number of ether oxygens (including phenoxy) is 2. The van der Waals surface area contributed by atoms with E-state index < -0.39 is 34.5 Å². The van der Waals surface area contributed by atoms with Crippen LogP contribution in [0.15, 0.2) is 46.8 Å². The predicted molar refractivity (Wildman–Crippen MR) is 126 cm³/mol. The molecule has 9 nitrogen and oxygen atoms in total. The van der Waals surface area contributed by atoms with Crippen molar-refractivity contribution in [1.82, 2.24) is 5.32 Å². The molecule has 4 rings (SSSR count). The van der Waals surface area contributed by atoms with Gasteiger partial charge >= 0.3 is 11.9 Å². The largest absolute Gasteiger partial charge is 0.468 e. The Kier molecular flexibility index (Phi) is 7.05. The van der Waals surface area contributed by atoms with Crippen molar-refractivity contribution in [2.75, 3.05) is 7.11 Å². The number of benzene rings is 1. The van der Waals surface area contributed by atoms with Crippen LogP contribution in [0.4, 0.5) is 5.69 Å². The van der Waals surface area contributed by atoms with Crippen LogP contribution in [0.1, 0.15) is 63.9 Å². The maximum Gasteiger partial charge on any atom is 0.337 e. The van der Waals surface area contributed by atoms with Crippen molar-refractivity contribution in [1.29, 1.82) is 0 Å². The Balaban J connectivity index is 1.82. The minimum Gasteiger partial charge on any atom is -0.468 e. The molecule has 0 amide bonds. The number of esters is 2. The first-order valence-corrected chi connectivity index (χ1v) is 12.0. The third-order valence-corrected chi connectivity index (χ3v) is 7.20. The number of dihydropyridines is 1. The highest BCUT2D eigenvalue weighted by atomic mass is 16.6. The Labute approximate surface area is 203 Å². The molecule has 3 atom stereocenters. The molecule has 1 aliphatic heterocycles. The van der Waals surface area contributed by atoms with Gasteiger partial charge in [-0.1, -0.05) is 25.5 Å². The summed E-state index contributed by atoms with van der Waals surface area (Å²) in [5.74, 6) is -3.85. The fraction of sp³-hybridized carbons (Fsp3) is 0.500. The average Bonchev–Trinajstić information content (AvgIpc) is 2.83. The van der Waals surface area contributed by atoms with E-state index in [1.165, 1.54) is 25.3 Å². The molecule has 0 radical (unpaired) electrons. The summed E-state index contributed by atoms with van der Waals surface area (Å²) in [6, 6.07) is 5.93. The number of nitro benzene ring substituents is 1. The number of nitro groups is 1. The summed E-state index contributed by atoms with van der Waals surface area (Å²) in [4.78, 5) is 50.7. The number of nitrogens with zero attached hydrogens (tertiary/aromatic N) is 1. The summed E-state index contributed by atoms with van der Waals surface area (Å²) in [6.45, 7) is 3.55. The normalized spacial score (nSPS) is 25.0. The lowest BCUT2D eigenvalue weighted by molar-refractivity contribution is -0.384. The molecule has 1 heterocycles. The molecule has 0 saturated heterocycles. The summed E-state index contributed by atoms with van der Waals surface area (Å²) < 4.78 is 10.8. The van der Waals surface area contributed by atoms with Gasteiger partial charge in [-0.3, -0.25) is 19.7 Å². The SMILES string of the molecule is COC(=O)[C@@H]1C(=O)C2=C(C[C@@H]1C)NC(C)=C(C(=O)OC1CCCCC1)[C@@H]2c1cccc([N+](=O)[O-])c1. The average molecular weight is 483 g/mol. The molecule has 1 aromatic carbocycles. The van der Waals surface area contributed by atoms with Gasteiger partial charge in [0.2, 0.25) is 0 Å². The first-order chi connectivity index (χ1) is 16.7. The number of carbonyl (C=O) groups excluding carboxylic acids is 3. The Morgan fingerprint density at radius 2 is 1.89 bits per heavy atom. The third-order valence-electron chi connectivity index (χ3n) is 7.20. The highest BCUT2D eigenvalue weighted by Gasteiger charge is 2.47. The number of non-ortho nitro benzene ring substituents is 1. The molecule has 3 aliphatic rings. The highest BCUT2D eigenvalue weighted by molar-refractivity contribution is 6.12. The number of hydrogen-bond acceptors (Lipinski definition) is 8. The van der Waals surface area contributed by atoms with Crippen LogP contribution >= 0.6 is 0 Å². The number of carbonyl (C=O) groups is 3. The second-order valence-corrected chi connectivity index (χ2v) is 9.55. The lowest BCUT2D eigenvalue weighted by atomic mass is 9.69. The van der Waals surface area contributed by atoms with Crippen LogP contribution in [0.5, 0.6) is 0 Å². The Morgan fingerprint density at radius 1 is 1.17 bits per heavy atom. The van der Waals surface area contributed by atoms with Gasteiger partial charge in [0.15, 0.2) is 5.78 Å². The number of hydrogen-bond donors (Lipinski definition) is 1. The molecule has 186 valence electrons. The zero-order valence-corrected chi connectivity index (χ0v) is 20.2. The first-order valence-electron chi connectivity index (χ1n) is 12.0. The van der Waals surface area contributed by atoms with E-state index in [0.717, 1.165) is 32.1 Å². The molecule has 1 N–H and O–H groups in total. The lowest BCUT2D eigenvalue weighted by Crippen LogP contribution is -2.43. The molecule has 35 heavy (non-hydrogen) atoms. The van der Waals surface area contributed by atoms with Gasteiger partial charge in [-0.05, 0) is 50.5 Å². The third kappa shape index (κ3) is 4.72. The maximum absolute atomic E-state index is 13.7. The van der Waals surface area contributed by atoms with Crippen LogP contribution < -0.4 is 5.32 Å². The van der Waals surface area contributed by atoms with E-state index in [9.17, 15) is 24.5 Å². The van der Waals surface area contributed by atoms with E-state index in [1.54, 1.807) is 19.9 Å². The summed E-state index contributed by atoms with van der Waals surface area (Å²) in [6.07, 6.45) is 4.82. The number of ketones is 1. The Bertz CT molecular complexity index is 1130. The number of rotatable bonds is 5. The number of Topliss-reactive ketones (excluding diaryl/α,β-unsaturated/α-hetero) is 1. The second-order valence-electron chi connectivity index (χ2n) is 9.55. The first kappa shape index (κ1) is 24.6. The Morgan fingerprint density at radius 3 is 2.54 bits per heavy atom. The van der Waals surface area contributed by atoms with Gasteiger partial charge in [0.05, 0.1) is 17.6 Å². The summed E-state index contributed by atoms with van der Waals surface area (Å²) in [5, 5.41) is 14.7. The minimum absolute atomic E-state index is 0.151. The lowest BCUT2D eigenvalue weighted by Gasteiger charge is -2.38. The molecule has 2 aliphatic carbocycles. The van der Waals surface area contributed by atoms with Crippen molar-refractivity contribution in [3.8, 4) is 0 Å². The molecule has 9 heteroatoms.